The van der Waals surface area contributed by atoms with Gasteiger partial charge in [-0.1, -0.05) is 58.4 Å². The average Bonchev–Trinajstić information content (AvgIpc) is 3.40. The summed E-state index contributed by atoms with van der Waals surface area (Å²) in [5.41, 5.74) is 1.73. The molecule has 3 aromatic carbocycles. The Labute approximate surface area is 252 Å². The minimum Gasteiger partial charge on any atom is -0.497 e. The number of hydrogen-bond acceptors (Lipinski definition) is 7. The van der Waals surface area contributed by atoms with Gasteiger partial charge in [0, 0.05) is 26.5 Å². The minimum atomic E-state index is -0.795. The smallest absolute Gasteiger partial charge is 0.308 e. The molecule has 8 nitrogen and oxygen atoms in total. The first-order valence-corrected chi connectivity index (χ1v) is 14.9. The number of fused-ring (bicyclic) bond motifs is 2. The summed E-state index contributed by atoms with van der Waals surface area (Å²) in [5, 5.41) is 3.51. The summed E-state index contributed by atoms with van der Waals surface area (Å²) in [4.78, 5) is 55.4. The lowest BCUT2D eigenvalue weighted by atomic mass is 9.83. The van der Waals surface area contributed by atoms with Gasteiger partial charge in [0.25, 0.3) is 0 Å². The van der Waals surface area contributed by atoms with Gasteiger partial charge in [-0.3, -0.25) is 23.7 Å². The van der Waals surface area contributed by atoms with Crippen LogP contribution in [-0.2, 0) is 20.9 Å². The lowest BCUT2D eigenvalue weighted by Gasteiger charge is -2.30. The fraction of sp³-hybridized carbons (Fsp3) is 0.172. The van der Waals surface area contributed by atoms with Gasteiger partial charge in [-0.25, -0.2) is 4.90 Å². The topological polar surface area (TPSA) is 97.7 Å². The number of hydrogen-bond donors (Lipinski definition) is 1. The molecular formula is C29H21Cl2N3O5S2. The van der Waals surface area contributed by atoms with Crippen LogP contribution < -0.4 is 19.8 Å². The summed E-state index contributed by atoms with van der Waals surface area (Å²) in [6.45, 7) is -0.253. The molecule has 6 rings (SSSR count). The molecule has 0 aliphatic carbocycles. The molecule has 12 heteroatoms. The van der Waals surface area contributed by atoms with Crippen molar-refractivity contribution in [1.29, 1.82) is 0 Å². The van der Waals surface area contributed by atoms with E-state index >= 15 is 0 Å². The highest BCUT2D eigenvalue weighted by Gasteiger charge is 2.56. The van der Waals surface area contributed by atoms with Crippen LogP contribution in [0.3, 0.4) is 0 Å². The van der Waals surface area contributed by atoms with Gasteiger partial charge in [0.1, 0.15) is 17.5 Å². The number of thioether (sulfide) groups is 1. The van der Waals surface area contributed by atoms with Crippen molar-refractivity contribution in [1.82, 2.24) is 4.57 Å². The van der Waals surface area contributed by atoms with Crippen LogP contribution in [0, 0.1) is 5.92 Å². The number of rotatable bonds is 6. The van der Waals surface area contributed by atoms with Crippen molar-refractivity contribution in [3.05, 3.63) is 103 Å². The van der Waals surface area contributed by atoms with Crippen LogP contribution in [0.2, 0.25) is 10.0 Å². The number of carbonyl (C=O) groups is 3. The molecule has 1 fully saturated rings. The lowest BCUT2D eigenvalue weighted by Crippen LogP contribution is -2.33. The number of thiazole rings is 1. The predicted octanol–water partition coefficient (Wildman–Crippen LogP) is 5.66. The third kappa shape index (κ3) is 5.05. The summed E-state index contributed by atoms with van der Waals surface area (Å²) in [6, 6.07) is 20.4. The van der Waals surface area contributed by atoms with Gasteiger partial charge in [0.2, 0.25) is 17.7 Å². The summed E-state index contributed by atoms with van der Waals surface area (Å²) in [5.74, 6) is -1.83. The number of ether oxygens (including phenoxy) is 1. The first-order valence-electron chi connectivity index (χ1n) is 12.5. The van der Waals surface area contributed by atoms with Gasteiger partial charge < -0.3 is 10.1 Å². The van der Waals surface area contributed by atoms with Gasteiger partial charge in [-0.15, -0.1) is 0 Å². The molecule has 2 unspecified atom stereocenters. The van der Waals surface area contributed by atoms with Gasteiger partial charge in [0.05, 0.1) is 23.7 Å². The molecule has 0 bridgehead atoms. The second kappa shape index (κ2) is 11.0. The standard InChI is InChI=1S/C29H21Cl2N3O5S2/c1-39-20-12-8-18(9-13-20)32-21(35)14-33-28-25(41-29(33)38)22(15-2-4-16(30)5-3-15)23-24(40-28)27(37)34(26(23)36)19-10-6-17(31)7-11-19/h2-13,22-24H,14H2,1H3,(H,32,35)/t22-,23?,24?/m0/s1. The Hall–Kier alpha value is -3.57. The molecule has 3 atom stereocenters. The second-order valence-corrected chi connectivity index (χ2v) is 12.5. The van der Waals surface area contributed by atoms with Crippen molar-refractivity contribution in [3.63, 3.8) is 0 Å². The van der Waals surface area contributed by atoms with Gasteiger partial charge in [-0.05, 0) is 66.2 Å². The Bertz CT molecular complexity index is 1720. The van der Waals surface area contributed by atoms with Crippen molar-refractivity contribution in [2.45, 2.75) is 22.7 Å². The molecule has 2 aliphatic rings. The maximum Gasteiger partial charge on any atom is 0.308 e. The van der Waals surface area contributed by atoms with E-state index in [1.807, 2.05) is 0 Å². The third-order valence-electron chi connectivity index (χ3n) is 7.04. The van der Waals surface area contributed by atoms with E-state index in [2.05, 4.69) is 5.32 Å². The molecule has 4 aromatic rings. The van der Waals surface area contributed by atoms with E-state index in [-0.39, 0.29) is 23.2 Å². The lowest BCUT2D eigenvalue weighted by molar-refractivity contribution is -0.122. The van der Waals surface area contributed by atoms with E-state index in [1.165, 1.54) is 9.47 Å². The van der Waals surface area contributed by atoms with Crippen molar-refractivity contribution in [2.24, 2.45) is 5.92 Å². The van der Waals surface area contributed by atoms with Crippen molar-refractivity contribution >= 4 is 75.4 Å². The second-order valence-electron chi connectivity index (χ2n) is 9.48. The molecule has 1 aromatic heterocycles. The van der Waals surface area contributed by atoms with Crippen LogP contribution >= 0.6 is 46.3 Å². The zero-order valence-corrected chi connectivity index (χ0v) is 24.5. The summed E-state index contributed by atoms with van der Waals surface area (Å²) in [6.07, 6.45) is 0. The monoisotopic (exact) mass is 625 g/mol. The number of carbonyl (C=O) groups excluding carboxylic acids is 3. The molecule has 0 spiro atoms. The van der Waals surface area contributed by atoms with Crippen molar-refractivity contribution in [3.8, 4) is 5.75 Å². The largest absolute Gasteiger partial charge is 0.497 e. The molecule has 0 radical (unpaired) electrons. The number of imide groups is 1. The SMILES string of the molecule is COc1ccc(NC(=O)Cn2c3c(sc2=O)[C@@H](c2ccc(Cl)cc2)C2C(=O)N(c4ccc(Cl)cc4)C(=O)C2S3)cc1. The molecule has 208 valence electrons. The molecule has 41 heavy (non-hydrogen) atoms. The highest BCUT2D eigenvalue weighted by Crippen LogP contribution is 2.54. The Morgan fingerprint density at radius 2 is 1.54 bits per heavy atom. The quantitative estimate of drug-likeness (QED) is 0.278. The number of anilines is 2. The minimum absolute atomic E-state index is 0.253. The number of benzene rings is 3. The average molecular weight is 627 g/mol. The maximum absolute atomic E-state index is 13.9. The van der Waals surface area contributed by atoms with Gasteiger partial charge in [-0.2, -0.15) is 0 Å². The summed E-state index contributed by atoms with van der Waals surface area (Å²) >= 11 is 14.3. The fourth-order valence-electron chi connectivity index (χ4n) is 5.15. The van der Waals surface area contributed by atoms with E-state index in [9.17, 15) is 19.2 Å². The van der Waals surface area contributed by atoms with E-state index in [1.54, 1.807) is 79.9 Å². The van der Waals surface area contributed by atoms with Crippen LogP contribution in [0.4, 0.5) is 11.4 Å². The molecule has 3 amide bonds. The Balaban J connectivity index is 1.38. The van der Waals surface area contributed by atoms with Crippen LogP contribution in [0.5, 0.6) is 5.75 Å². The normalized spacial score (nSPS) is 19.6. The number of amides is 3. The van der Waals surface area contributed by atoms with E-state index in [0.29, 0.717) is 37.1 Å². The van der Waals surface area contributed by atoms with Crippen molar-refractivity contribution < 1.29 is 19.1 Å². The van der Waals surface area contributed by atoms with Gasteiger partial charge >= 0.3 is 4.87 Å². The third-order valence-corrected chi connectivity index (χ3v) is 10.1. The number of nitrogens with zero attached hydrogens (tertiary/aromatic N) is 2. The van der Waals surface area contributed by atoms with Crippen LogP contribution in [0.25, 0.3) is 0 Å². The Morgan fingerprint density at radius 3 is 2.17 bits per heavy atom. The number of nitrogens with one attached hydrogen (secondary N) is 1. The maximum atomic E-state index is 13.9. The van der Waals surface area contributed by atoms with Gasteiger partial charge in [0.15, 0.2) is 0 Å². The molecule has 1 saturated heterocycles. The fourth-order valence-corrected chi connectivity index (χ4v) is 8.17. The van der Waals surface area contributed by atoms with E-state index < -0.39 is 23.0 Å². The number of halogens is 2. The number of aromatic nitrogens is 1. The highest BCUT2D eigenvalue weighted by atomic mass is 35.5. The van der Waals surface area contributed by atoms with Crippen molar-refractivity contribution in [2.75, 3.05) is 17.3 Å². The van der Waals surface area contributed by atoms with Crippen LogP contribution in [0.1, 0.15) is 16.4 Å². The molecule has 3 heterocycles. The highest BCUT2D eigenvalue weighted by molar-refractivity contribution is 8.00. The van der Waals surface area contributed by atoms with Crippen LogP contribution in [0.15, 0.2) is 82.6 Å². The summed E-state index contributed by atoms with van der Waals surface area (Å²) in [7, 11) is 1.55. The first-order chi connectivity index (χ1) is 19.7. The molecule has 1 N–H and O–H groups in total. The summed E-state index contributed by atoms with van der Waals surface area (Å²) < 4.78 is 6.53. The zero-order valence-electron chi connectivity index (χ0n) is 21.4. The first kappa shape index (κ1) is 27.6. The molecular weight excluding hydrogens is 605 g/mol. The Kier molecular flexibility index (Phi) is 7.41. The van der Waals surface area contributed by atoms with E-state index in [4.69, 9.17) is 27.9 Å². The van der Waals surface area contributed by atoms with E-state index in [0.717, 1.165) is 28.7 Å². The van der Waals surface area contributed by atoms with Crippen LogP contribution in [-0.4, -0.2) is 34.6 Å². The number of methoxy groups -OCH3 is 1. The molecule has 2 aliphatic heterocycles. The zero-order chi connectivity index (χ0) is 28.8. The molecule has 0 saturated carbocycles. The predicted molar refractivity (Wildman–Crippen MR) is 161 cm³/mol. The Morgan fingerprint density at radius 1 is 0.902 bits per heavy atom.